The Kier molecular flexibility index (Phi) is 2.78. The van der Waals surface area contributed by atoms with Crippen molar-refractivity contribution in [1.82, 2.24) is 14.8 Å². The van der Waals surface area contributed by atoms with Gasteiger partial charge in [-0.05, 0) is 25.6 Å². The molecule has 0 aliphatic heterocycles. The van der Waals surface area contributed by atoms with Crippen LogP contribution in [0.2, 0.25) is 0 Å². The first-order valence-corrected chi connectivity index (χ1v) is 4.99. The predicted octanol–water partition coefficient (Wildman–Crippen LogP) is 1.08. The topological polar surface area (TPSA) is 56.7 Å². The molecule has 0 aliphatic rings. The molecule has 0 atom stereocenters. The average Bonchev–Trinajstić information content (AvgIpc) is 2.61. The average molecular weight is 202 g/mol. The smallest absolute Gasteiger partial charge is 0.152 e. The van der Waals surface area contributed by atoms with Crippen LogP contribution in [0.4, 0.5) is 0 Å². The van der Waals surface area contributed by atoms with Gasteiger partial charge < -0.3 is 5.73 Å². The molecule has 78 valence electrons. The summed E-state index contributed by atoms with van der Waals surface area (Å²) in [4.78, 5) is 4.35. The van der Waals surface area contributed by atoms with E-state index in [0.29, 0.717) is 6.54 Å². The van der Waals surface area contributed by atoms with Gasteiger partial charge in [0.15, 0.2) is 5.82 Å². The number of aryl methyl sites for hydroxylation is 1. The van der Waals surface area contributed by atoms with Crippen LogP contribution in [0.25, 0.3) is 5.69 Å². The van der Waals surface area contributed by atoms with Gasteiger partial charge in [0.25, 0.3) is 0 Å². The summed E-state index contributed by atoms with van der Waals surface area (Å²) in [6, 6.07) is 9.97. The molecule has 4 heteroatoms. The monoisotopic (exact) mass is 202 g/mol. The van der Waals surface area contributed by atoms with Gasteiger partial charge in [0.05, 0.1) is 5.69 Å². The molecule has 0 fully saturated rings. The van der Waals surface area contributed by atoms with Crippen LogP contribution in [-0.4, -0.2) is 21.3 Å². The van der Waals surface area contributed by atoms with Gasteiger partial charge in [0.1, 0.15) is 5.82 Å². The van der Waals surface area contributed by atoms with E-state index < -0.39 is 0 Å². The molecule has 1 aromatic heterocycles. The van der Waals surface area contributed by atoms with Crippen molar-refractivity contribution in [3.8, 4) is 5.69 Å². The van der Waals surface area contributed by atoms with Crippen LogP contribution in [0.15, 0.2) is 30.3 Å². The van der Waals surface area contributed by atoms with Gasteiger partial charge in [0.2, 0.25) is 0 Å². The lowest BCUT2D eigenvalue weighted by Crippen LogP contribution is -2.05. The van der Waals surface area contributed by atoms with Crippen LogP contribution in [0, 0.1) is 6.92 Å². The molecule has 0 spiro atoms. The molecule has 0 unspecified atom stereocenters. The van der Waals surface area contributed by atoms with E-state index in [0.717, 1.165) is 23.8 Å². The number of benzene rings is 1. The van der Waals surface area contributed by atoms with E-state index in [4.69, 9.17) is 5.73 Å². The second kappa shape index (κ2) is 4.23. The third-order valence-electron chi connectivity index (χ3n) is 2.18. The lowest BCUT2D eigenvalue weighted by Gasteiger charge is -2.00. The molecule has 0 aliphatic carbocycles. The zero-order valence-corrected chi connectivity index (χ0v) is 8.72. The lowest BCUT2D eigenvalue weighted by molar-refractivity contribution is 0.804. The fourth-order valence-corrected chi connectivity index (χ4v) is 1.49. The number of hydrogen-bond donors (Lipinski definition) is 1. The van der Waals surface area contributed by atoms with Gasteiger partial charge in [-0.2, -0.15) is 5.10 Å². The first kappa shape index (κ1) is 9.86. The highest BCUT2D eigenvalue weighted by atomic mass is 15.3. The van der Waals surface area contributed by atoms with E-state index in [1.54, 1.807) is 0 Å². The van der Waals surface area contributed by atoms with Crippen LogP contribution in [-0.2, 0) is 6.42 Å². The second-order valence-electron chi connectivity index (χ2n) is 3.36. The van der Waals surface area contributed by atoms with E-state index >= 15 is 0 Å². The molecule has 1 heterocycles. The van der Waals surface area contributed by atoms with Gasteiger partial charge in [-0.25, -0.2) is 9.67 Å². The minimum absolute atomic E-state index is 0.582. The van der Waals surface area contributed by atoms with Gasteiger partial charge in [-0.3, -0.25) is 0 Å². The number of nitrogens with two attached hydrogens (primary N) is 1. The minimum Gasteiger partial charge on any atom is -0.330 e. The Bertz CT molecular complexity index is 433. The third kappa shape index (κ3) is 2.05. The zero-order valence-electron chi connectivity index (χ0n) is 8.72. The van der Waals surface area contributed by atoms with Crippen molar-refractivity contribution in [3.05, 3.63) is 42.0 Å². The highest BCUT2D eigenvalue weighted by Gasteiger charge is 2.06. The normalized spacial score (nSPS) is 10.5. The summed E-state index contributed by atoms with van der Waals surface area (Å²) in [7, 11) is 0. The largest absolute Gasteiger partial charge is 0.330 e. The first-order valence-electron chi connectivity index (χ1n) is 4.99. The summed E-state index contributed by atoms with van der Waals surface area (Å²) in [6.07, 6.45) is 0.723. The minimum atomic E-state index is 0.582. The van der Waals surface area contributed by atoms with Crippen LogP contribution < -0.4 is 5.73 Å². The Morgan fingerprint density at radius 2 is 2.00 bits per heavy atom. The molecule has 0 amide bonds. The maximum absolute atomic E-state index is 5.47. The Hall–Kier alpha value is -1.68. The van der Waals surface area contributed by atoms with Crippen molar-refractivity contribution in [2.24, 2.45) is 5.73 Å². The van der Waals surface area contributed by atoms with Gasteiger partial charge in [-0.1, -0.05) is 18.2 Å². The van der Waals surface area contributed by atoms with Gasteiger partial charge in [0, 0.05) is 6.42 Å². The molecular formula is C11H14N4. The van der Waals surface area contributed by atoms with Gasteiger partial charge in [-0.15, -0.1) is 0 Å². The first-order chi connectivity index (χ1) is 7.31. The Morgan fingerprint density at radius 3 is 2.67 bits per heavy atom. The van der Waals surface area contributed by atoms with Crippen LogP contribution in [0.3, 0.4) is 0 Å². The van der Waals surface area contributed by atoms with Gasteiger partial charge >= 0.3 is 0 Å². The van der Waals surface area contributed by atoms with Crippen molar-refractivity contribution in [3.63, 3.8) is 0 Å². The highest BCUT2D eigenvalue weighted by molar-refractivity contribution is 5.30. The SMILES string of the molecule is Cc1nc(CCN)nn1-c1ccccc1. The summed E-state index contributed by atoms with van der Waals surface area (Å²) >= 11 is 0. The van der Waals surface area contributed by atoms with Crippen LogP contribution >= 0.6 is 0 Å². The predicted molar refractivity (Wildman–Crippen MR) is 58.9 cm³/mol. The molecule has 0 saturated heterocycles. The van der Waals surface area contributed by atoms with Crippen molar-refractivity contribution in [2.45, 2.75) is 13.3 Å². The van der Waals surface area contributed by atoms with Crippen LogP contribution in [0.1, 0.15) is 11.6 Å². The van der Waals surface area contributed by atoms with Crippen molar-refractivity contribution in [1.29, 1.82) is 0 Å². The Labute approximate surface area is 88.8 Å². The molecule has 1 aromatic carbocycles. The number of para-hydroxylation sites is 1. The maximum atomic E-state index is 5.47. The molecule has 4 nitrogen and oxygen atoms in total. The second-order valence-corrected chi connectivity index (χ2v) is 3.36. The lowest BCUT2D eigenvalue weighted by atomic mass is 10.3. The maximum Gasteiger partial charge on any atom is 0.152 e. The standard InChI is InChI=1S/C11H14N4/c1-9-13-11(7-8-12)14-15(9)10-5-3-2-4-6-10/h2-6H,7-8,12H2,1H3. The summed E-state index contributed by atoms with van der Waals surface area (Å²) in [5.74, 6) is 1.70. The Balaban J connectivity index is 2.36. The van der Waals surface area contributed by atoms with Crippen molar-refractivity contribution >= 4 is 0 Å². The molecule has 0 radical (unpaired) electrons. The summed E-state index contributed by atoms with van der Waals surface area (Å²) in [5.41, 5.74) is 6.50. The van der Waals surface area contributed by atoms with E-state index in [1.807, 2.05) is 41.9 Å². The van der Waals surface area contributed by atoms with E-state index in [9.17, 15) is 0 Å². The molecule has 0 saturated carbocycles. The summed E-state index contributed by atoms with van der Waals surface area (Å²) < 4.78 is 1.84. The number of rotatable bonds is 3. The molecule has 2 N–H and O–H groups in total. The fraction of sp³-hybridized carbons (Fsp3) is 0.273. The highest BCUT2D eigenvalue weighted by Crippen LogP contribution is 2.08. The Morgan fingerprint density at radius 1 is 1.27 bits per heavy atom. The quantitative estimate of drug-likeness (QED) is 0.810. The van der Waals surface area contributed by atoms with E-state index in [2.05, 4.69) is 10.1 Å². The number of aromatic nitrogens is 3. The molecular weight excluding hydrogens is 188 g/mol. The number of hydrogen-bond acceptors (Lipinski definition) is 3. The van der Waals surface area contributed by atoms with E-state index in [-0.39, 0.29) is 0 Å². The summed E-state index contributed by atoms with van der Waals surface area (Å²) in [5, 5.41) is 4.40. The number of nitrogens with zero attached hydrogens (tertiary/aromatic N) is 3. The van der Waals surface area contributed by atoms with E-state index in [1.165, 1.54) is 0 Å². The molecule has 2 aromatic rings. The van der Waals surface area contributed by atoms with Crippen molar-refractivity contribution in [2.75, 3.05) is 6.54 Å². The van der Waals surface area contributed by atoms with Crippen LogP contribution in [0.5, 0.6) is 0 Å². The molecule has 2 rings (SSSR count). The summed E-state index contributed by atoms with van der Waals surface area (Å²) in [6.45, 7) is 2.53. The molecule has 0 bridgehead atoms. The van der Waals surface area contributed by atoms with Crippen molar-refractivity contribution < 1.29 is 0 Å². The third-order valence-corrected chi connectivity index (χ3v) is 2.18. The zero-order chi connectivity index (χ0) is 10.7. The fourth-order valence-electron chi connectivity index (χ4n) is 1.49. The molecule has 15 heavy (non-hydrogen) atoms.